The molecule has 0 amide bonds. The molecule has 33 heavy (non-hydrogen) atoms. The van der Waals surface area contributed by atoms with Gasteiger partial charge in [0.2, 0.25) is 0 Å². The summed E-state index contributed by atoms with van der Waals surface area (Å²) in [5.41, 5.74) is 4.87. The third-order valence-corrected chi connectivity index (χ3v) is 6.67. The molecule has 4 aromatic rings. The van der Waals surface area contributed by atoms with Crippen LogP contribution >= 0.6 is 11.8 Å². The average molecular weight is 469 g/mol. The lowest BCUT2D eigenvalue weighted by molar-refractivity contribution is -0.137. The van der Waals surface area contributed by atoms with Crippen molar-refractivity contribution < 1.29 is 18.0 Å². The molecule has 170 valence electrons. The number of hydrogen-bond acceptors (Lipinski definition) is 3. The highest BCUT2D eigenvalue weighted by molar-refractivity contribution is 7.99. The molecule has 0 aliphatic rings. The minimum absolute atomic E-state index is 0.0325. The van der Waals surface area contributed by atoms with E-state index in [1.807, 2.05) is 67.8 Å². The predicted octanol–water partition coefficient (Wildman–Crippen LogP) is 7.00. The lowest BCUT2D eigenvalue weighted by atomic mass is 9.99. The first-order valence-corrected chi connectivity index (χ1v) is 11.5. The molecule has 3 nitrogen and oxygen atoms in total. The Kier molecular flexibility index (Phi) is 6.34. The summed E-state index contributed by atoms with van der Waals surface area (Å²) < 4.78 is 41.5. The van der Waals surface area contributed by atoms with Gasteiger partial charge in [-0.1, -0.05) is 48.2 Å². The van der Waals surface area contributed by atoms with E-state index >= 15 is 0 Å². The molecule has 0 N–H and O–H groups in total. The number of benzene rings is 3. The average Bonchev–Trinajstić information content (AvgIpc) is 3.11. The molecule has 0 spiro atoms. The van der Waals surface area contributed by atoms with Crippen LogP contribution in [0.15, 0.2) is 65.8 Å². The van der Waals surface area contributed by atoms with Gasteiger partial charge >= 0.3 is 6.18 Å². The zero-order chi connectivity index (χ0) is 23.8. The fourth-order valence-electron chi connectivity index (χ4n) is 3.78. The Balaban J connectivity index is 1.68. The summed E-state index contributed by atoms with van der Waals surface area (Å²) in [7, 11) is 0. The number of fused-ring (bicyclic) bond motifs is 1. The second kappa shape index (κ2) is 9.06. The number of alkyl halides is 3. The van der Waals surface area contributed by atoms with Crippen molar-refractivity contribution in [3.63, 3.8) is 0 Å². The third-order valence-electron chi connectivity index (χ3n) is 5.70. The number of ketones is 1. The molecular weight excluding hydrogens is 445 g/mol. The summed E-state index contributed by atoms with van der Waals surface area (Å²) in [6.45, 7) is 6.33. The van der Waals surface area contributed by atoms with Crippen LogP contribution in [0.2, 0.25) is 0 Å². The molecule has 0 aliphatic heterocycles. The second-order valence-corrected chi connectivity index (χ2v) is 9.07. The first kappa shape index (κ1) is 23.1. The molecule has 4 rings (SSSR count). The van der Waals surface area contributed by atoms with Gasteiger partial charge in [-0.05, 0) is 67.3 Å². The van der Waals surface area contributed by atoms with Crippen LogP contribution in [0, 0.1) is 20.8 Å². The number of aryl methyl sites for hydroxylation is 3. The maximum Gasteiger partial charge on any atom is 0.416 e. The number of carbonyl (C=O) groups excluding carboxylic acids is 1. The Morgan fingerprint density at radius 3 is 2.33 bits per heavy atom. The van der Waals surface area contributed by atoms with Crippen molar-refractivity contribution in [2.24, 2.45) is 0 Å². The van der Waals surface area contributed by atoms with Gasteiger partial charge in [0.15, 0.2) is 10.9 Å². The molecule has 0 bridgehead atoms. The third kappa shape index (κ3) is 4.98. The largest absolute Gasteiger partial charge is 0.416 e. The van der Waals surface area contributed by atoms with E-state index in [0.29, 0.717) is 22.8 Å². The van der Waals surface area contributed by atoms with Crippen molar-refractivity contribution in [3.05, 3.63) is 94.0 Å². The summed E-state index contributed by atoms with van der Waals surface area (Å²) in [6, 6.07) is 17.1. The van der Waals surface area contributed by atoms with Crippen LogP contribution in [0.25, 0.3) is 11.0 Å². The van der Waals surface area contributed by atoms with Crippen LogP contribution in [0.3, 0.4) is 0 Å². The van der Waals surface area contributed by atoms with Crippen molar-refractivity contribution in [3.8, 4) is 0 Å². The fraction of sp³-hybridized carbons (Fsp3) is 0.231. The van der Waals surface area contributed by atoms with E-state index in [-0.39, 0.29) is 17.1 Å². The summed E-state index contributed by atoms with van der Waals surface area (Å²) in [6.07, 6.45) is -4.44. The Labute approximate surface area is 194 Å². The topological polar surface area (TPSA) is 34.9 Å². The quantitative estimate of drug-likeness (QED) is 0.226. The zero-order valence-corrected chi connectivity index (χ0v) is 19.3. The molecule has 0 radical (unpaired) electrons. The number of thioether (sulfide) groups is 1. The van der Waals surface area contributed by atoms with E-state index in [1.54, 1.807) is 0 Å². The SMILES string of the molecule is Cc1cc(C)c(C(=O)CSc2nc3cc(C(F)(F)F)ccc3n2Cc2ccccc2)cc1C. The Bertz CT molecular complexity index is 1330. The number of halogens is 3. The summed E-state index contributed by atoms with van der Waals surface area (Å²) in [5, 5.41) is 0.517. The fourth-order valence-corrected chi connectivity index (χ4v) is 4.68. The van der Waals surface area contributed by atoms with E-state index in [2.05, 4.69) is 4.98 Å². The molecule has 0 atom stereocenters. The van der Waals surface area contributed by atoms with Crippen LogP contribution in [0.5, 0.6) is 0 Å². The van der Waals surface area contributed by atoms with Gasteiger partial charge in [0, 0.05) is 5.56 Å². The first-order chi connectivity index (χ1) is 15.6. The van der Waals surface area contributed by atoms with Crippen molar-refractivity contribution in [2.45, 2.75) is 38.6 Å². The van der Waals surface area contributed by atoms with E-state index in [9.17, 15) is 18.0 Å². The van der Waals surface area contributed by atoms with Crippen LogP contribution in [0.1, 0.15) is 38.2 Å². The van der Waals surface area contributed by atoms with Crippen molar-refractivity contribution in [1.82, 2.24) is 9.55 Å². The number of aromatic nitrogens is 2. The van der Waals surface area contributed by atoms with Crippen LogP contribution in [0.4, 0.5) is 13.2 Å². The van der Waals surface area contributed by atoms with Crippen LogP contribution in [-0.2, 0) is 12.7 Å². The van der Waals surface area contributed by atoms with E-state index < -0.39 is 11.7 Å². The Hall–Kier alpha value is -3.06. The molecule has 7 heteroatoms. The van der Waals surface area contributed by atoms with Crippen LogP contribution in [-0.4, -0.2) is 21.1 Å². The zero-order valence-electron chi connectivity index (χ0n) is 18.5. The lowest BCUT2D eigenvalue weighted by Gasteiger charge is -2.11. The summed E-state index contributed by atoms with van der Waals surface area (Å²) in [4.78, 5) is 17.4. The minimum atomic E-state index is -4.44. The molecular formula is C26H23F3N2OS. The van der Waals surface area contributed by atoms with Gasteiger partial charge in [0.25, 0.3) is 0 Å². The standard InChI is InChI=1S/C26H23F3N2OS/c1-16-11-18(3)21(12-17(16)2)24(32)15-33-25-30-22-13-20(26(27,28)29)9-10-23(22)31(25)14-19-7-5-4-6-8-19/h4-13H,14-15H2,1-3H3. The van der Waals surface area contributed by atoms with Crippen molar-refractivity contribution in [2.75, 3.05) is 5.75 Å². The van der Waals surface area contributed by atoms with Gasteiger partial charge in [-0.25, -0.2) is 4.98 Å². The molecule has 0 saturated heterocycles. The monoisotopic (exact) mass is 468 g/mol. The van der Waals surface area contributed by atoms with Crippen molar-refractivity contribution >= 4 is 28.6 Å². The number of imidazole rings is 1. The molecule has 0 unspecified atom stereocenters. The predicted molar refractivity (Wildman–Crippen MR) is 126 cm³/mol. The smallest absolute Gasteiger partial charge is 0.314 e. The summed E-state index contributed by atoms with van der Waals surface area (Å²) >= 11 is 1.25. The number of rotatable bonds is 6. The van der Waals surface area contributed by atoms with Crippen molar-refractivity contribution in [1.29, 1.82) is 0 Å². The van der Waals surface area contributed by atoms with Gasteiger partial charge in [0.05, 0.1) is 28.9 Å². The Morgan fingerprint density at radius 2 is 1.64 bits per heavy atom. The number of Topliss-reactive ketones (excluding diaryl/α,β-unsaturated/α-hetero) is 1. The number of carbonyl (C=O) groups is 1. The highest BCUT2D eigenvalue weighted by Gasteiger charge is 2.31. The van der Waals surface area contributed by atoms with Gasteiger partial charge in [-0.3, -0.25) is 4.79 Å². The molecule has 0 saturated carbocycles. The minimum Gasteiger partial charge on any atom is -0.314 e. The maximum atomic E-state index is 13.2. The van der Waals surface area contributed by atoms with Gasteiger partial charge in [-0.2, -0.15) is 13.2 Å². The highest BCUT2D eigenvalue weighted by atomic mass is 32.2. The number of nitrogens with zero attached hydrogens (tertiary/aromatic N) is 2. The normalized spacial score (nSPS) is 11.8. The lowest BCUT2D eigenvalue weighted by Crippen LogP contribution is -2.08. The van der Waals surface area contributed by atoms with Crippen LogP contribution < -0.4 is 0 Å². The van der Waals surface area contributed by atoms with Gasteiger partial charge < -0.3 is 4.57 Å². The maximum absolute atomic E-state index is 13.2. The molecule has 3 aromatic carbocycles. The first-order valence-electron chi connectivity index (χ1n) is 10.5. The van der Waals surface area contributed by atoms with Gasteiger partial charge in [0.1, 0.15) is 0 Å². The summed E-state index contributed by atoms with van der Waals surface area (Å²) in [5.74, 6) is 0.114. The second-order valence-electron chi connectivity index (χ2n) is 8.13. The molecule has 0 aliphatic carbocycles. The van der Waals surface area contributed by atoms with Gasteiger partial charge in [-0.15, -0.1) is 0 Å². The molecule has 1 heterocycles. The van der Waals surface area contributed by atoms with E-state index in [0.717, 1.165) is 34.4 Å². The van der Waals surface area contributed by atoms with E-state index in [1.165, 1.54) is 17.8 Å². The molecule has 1 aromatic heterocycles. The highest BCUT2D eigenvalue weighted by Crippen LogP contribution is 2.33. The number of hydrogen-bond donors (Lipinski definition) is 0. The molecule has 0 fully saturated rings. The van der Waals surface area contributed by atoms with E-state index in [4.69, 9.17) is 0 Å². The Morgan fingerprint density at radius 1 is 0.939 bits per heavy atom.